The summed E-state index contributed by atoms with van der Waals surface area (Å²) in [5.74, 6) is 0.874. The summed E-state index contributed by atoms with van der Waals surface area (Å²) >= 11 is 0. The van der Waals surface area contributed by atoms with Gasteiger partial charge in [-0.2, -0.15) is 0 Å². The van der Waals surface area contributed by atoms with Crippen molar-refractivity contribution >= 4 is 11.0 Å². The van der Waals surface area contributed by atoms with Gasteiger partial charge in [-0.15, -0.1) is 0 Å². The number of hydrogen-bond acceptors (Lipinski definition) is 8. The fraction of sp³-hybridized carbons (Fsp3) is 0.250. The first-order valence-corrected chi connectivity index (χ1v) is 8.50. The van der Waals surface area contributed by atoms with Gasteiger partial charge in [-0.3, -0.25) is 4.79 Å². The van der Waals surface area contributed by atoms with Gasteiger partial charge in [0.05, 0.1) is 26.9 Å². The van der Waals surface area contributed by atoms with Gasteiger partial charge in [0.1, 0.15) is 22.5 Å². The SMILES string of the molecule is COc1ccc(Oc2cc(=O)c3c(O)c(OC)c(OCCCO)cc3o2)cc1. The number of aliphatic hydroxyl groups excluding tert-OH is 1. The van der Waals surface area contributed by atoms with Crippen LogP contribution in [0.4, 0.5) is 0 Å². The minimum Gasteiger partial charge on any atom is -0.504 e. The third-order valence-corrected chi connectivity index (χ3v) is 3.93. The summed E-state index contributed by atoms with van der Waals surface area (Å²) in [6.07, 6.45) is 0.395. The first-order chi connectivity index (χ1) is 13.6. The van der Waals surface area contributed by atoms with Gasteiger partial charge >= 0.3 is 0 Å². The molecule has 0 saturated carbocycles. The molecule has 0 bridgehead atoms. The van der Waals surface area contributed by atoms with Crippen LogP contribution >= 0.6 is 0 Å². The molecule has 0 fully saturated rings. The number of rotatable bonds is 8. The standard InChI is InChI=1S/C20H20O8/c1-24-12-4-6-13(7-5-12)27-17-10-14(22)18-15(28-17)11-16(26-9-3-8-21)20(25-2)19(18)23/h4-7,10-11,21,23H,3,8-9H2,1-2H3. The monoisotopic (exact) mass is 388 g/mol. The molecule has 1 heterocycles. The summed E-state index contributed by atoms with van der Waals surface area (Å²) in [6.45, 7) is 0.154. The van der Waals surface area contributed by atoms with Gasteiger partial charge in [-0.1, -0.05) is 0 Å². The average molecular weight is 388 g/mol. The molecule has 3 rings (SSSR count). The minimum atomic E-state index is -0.498. The van der Waals surface area contributed by atoms with Gasteiger partial charge in [-0.05, 0) is 24.3 Å². The number of aromatic hydroxyl groups is 1. The Morgan fingerprint density at radius 3 is 2.39 bits per heavy atom. The van der Waals surface area contributed by atoms with Crippen molar-refractivity contribution in [1.29, 1.82) is 0 Å². The second-order valence-electron chi connectivity index (χ2n) is 5.76. The number of hydrogen-bond donors (Lipinski definition) is 2. The van der Waals surface area contributed by atoms with E-state index in [1.54, 1.807) is 31.4 Å². The maximum absolute atomic E-state index is 12.5. The average Bonchev–Trinajstić information content (AvgIpc) is 2.68. The number of ether oxygens (including phenoxy) is 4. The molecule has 2 N–H and O–H groups in total. The molecule has 0 aliphatic rings. The normalized spacial score (nSPS) is 10.7. The maximum Gasteiger partial charge on any atom is 0.294 e. The van der Waals surface area contributed by atoms with Crippen LogP contribution in [0.3, 0.4) is 0 Å². The van der Waals surface area contributed by atoms with Gasteiger partial charge < -0.3 is 33.6 Å². The van der Waals surface area contributed by atoms with Gasteiger partial charge in [-0.25, -0.2) is 0 Å². The highest BCUT2D eigenvalue weighted by Crippen LogP contribution is 2.42. The number of phenols is 1. The molecule has 3 aromatic rings. The summed E-state index contributed by atoms with van der Waals surface area (Å²) in [7, 11) is 2.90. The lowest BCUT2D eigenvalue weighted by atomic mass is 10.2. The van der Waals surface area contributed by atoms with E-state index in [9.17, 15) is 9.90 Å². The molecule has 0 atom stereocenters. The highest BCUT2D eigenvalue weighted by atomic mass is 16.6. The van der Waals surface area contributed by atoms with Crippen molar-refractivity contribution in [2.45, 2.75) is 6.42 Å². The van der Waals surface area contributed by atoms with E-state index >= 15 is 0 Å². The number of methoxy groups -OCH3 is 2. The lowest BCUT2D eigenvalue weighted by Gasteiger charge is -2.13. The Morgan fingerprint density at radius 1 is 1.04 bits per heavy atom. The van der Waals surface area contributed by atoms with Crippen molar-refractivity contribution in [2.75, 3.05) is 27.4 Å². The van der Waals surface area contributed by atoms with Crippen LogP contribution in [0.25, 0.3) is 11.0 Å². The van der Waals surface area contributed by atoms with Crippen molar-refractivity contribution in [3.05, 3.63) is 46.6 Å². The Labute approximate surface area is 160 Å². The van der Waals surface area contributed by atoms with Gasteiger partial charge in [0, 0.05) is 19.1 Å². The van der Waals surface area contributed by atoms with Crippen molar-refractivity contribution < 1.29 is 33.6 Å². The Morgan fingerprint density at radius 2 is 1.75 bits per heavy atom. The second kappa shape index (κ2) is 8.53. The third-order valence-electron chi connectivity index (χ3n) is 3.93. The second-order valence-corrected chi connectivity index (χ2v) is 5.76. The van der Waals surface area contributed by atoms with E-state index in [1.807, 2.05) is 0 Å². The molecule has 148 valence electrons. The van der Waals surface area contributed by atoms with Gasteiger partial charge in [0.2, 0.25) is 11.2 Å². The predicted octanol–water partition coefficient (Wildman–Crippen LogP) is 3.07. The van der Waals surface area contributed by atoms with Crippen LogP contribution in [0.1, 0.15) is 6.42 Å². The lowest BCUT2D eigenvalue weighted by molar-refractivity contribution is 0.226. The molecule has 0 spiro atoms. The van der Waals surface area contributed by atoms with E-state index in [0.717, 1.165) is 6.07 Å². The smallest absolute Gasteiger partial charge is 0.294 e. The molecule has 0 unspecified atom stereocenters. The summed E-state index contributed by atoms with van der Waals surface area (Å²) in [6, 6.07) is 9.32. The number of aliphatic hydroxyl groups is 1. The van der Waals surface area contributed by atoms with Crippen LogP contribution in [0.5, 0.6) is 34.7 Å². The van der Waals surface area contributed by atoms with Crippen molar-refractivity contribution in [1.82, 2.24) is 0 Å². The van der Waals surface area contributed by atoms with Gasteiger partial charge in [0.25, 0.3) is 5.95 Å². The zero-order valence-electron chi connectivity index (χ0n) is 15.4. The Hall–Kier alpha value is -3.39. The Bertz CT molecular complexity index is 1010. The predicted molar refractivity (Wildman–Crippen MR) is 101 cm³/mol. The van der Waals surface area contributed by atoms with E-state index in [-0.39, 0.29) is 47.4 Å². The van der Waals surface area contributed by atoms with E-state index in [0.29, 0.717) is 17.9 Å². The van der Waals surface area contributed by atoms with E-state index < -0.39 is 5.43 Å². The molecule has 28 heavy (non-hydrogen) atoms. The van der Waals surface area contributed by atoms with E-state index in [4.69, 9.17) is 28.5 Å². The molecule has 0 radical (unpaired) electrons. The fourth-order valence-electron chi connectivity index (χ4n) is 2.60. The highest BCUT2D eigenvalue weighted by molar-refractivity contribution is 5.88. The zero-order valence-corrected chi connectivity index (χ0v) is 15.4. The fourth-order valence-corrected chi connectivity index (χ4v) is 2.60. The first-order valence-electron chi connectivity index (χ1n) is 8.50. The highest BCUT2D eigenvalue weighted by Gasteiger charge is 2.20. The number of phenolic OH excluding ortho intramolecular Hbond substituents is 1. The summed E-state index contributed by atoms with van der Waals surface area (Å²) in [4.78, 5) is 12.5. The van der Waals surface area contributed by atoms with Crippen LogP contribution in [0, 0.1) is 0 Å². The third kappa shape index (κ3) is 3.96. The first kappa shape index (κ1) is 19.4. The van der Waals surface area contributed by atoms with Crippen LogP contribution < -0.4 is 24.4 Å². The summed E-state index contributed by atoms with van der Waals surface area (Å²) < 4.78 is 27.0. The molecule has 8 heteroatoms. The molecular weight excluding hydrogens is 368 g/mol. The largest absolute Gasteiger partial charge is 0.504 e. The topological polar surface area (TPSA) is 108 Å². The Balaban J connectivity index is 2.01. The van der Waals surface area contributed by atoms with Crippen LogP contribution in [-0.4, -0.2) is 37.6 Å². The van der Waals surface area contributed by atoms with E-state index in [2.05, 4.69) is 0 Å². The molecular formula is C20H20O8. The van der Waals surface area contributed by atoms with Crippen LogP contribution in [0.2, 0.25) is 0 Å². The number of fused-ring (bicyclic) bond motifs is 1. The molecule has 0 saturated heterocycles. The van der Waals surface area contributed by atoms with Gasteiger partial charge in [0.15, 0.2) is 11.5 Å². The van der Waals surface area contributed by atoms with Crippen molar-refractivity contribution in [3.63, 3.8) is 0 Å². The van der Waals surface area contributed by atoms with Crippen molar-refractivity contribution in [3.8, 4) is 34.7 Å². The van der Waals surface area contributed by atoms with Crippen LogP contribution in [-0.2, 0) is 0 Å². The zero-order chi connectivity index (χ0) is 20.1. The van der Waals surface area contributed by atoms with Crippen LogP contribution in [0.15, 0.2) is 45.6 Å². The molecule has 8 nitrogen and oxygen atoms in total. The van der Waals surface area contributed by atoms with Crippen molar-refractivity contribution in [2.24, 2.45) is 0 Å². The molecule has 0 aliphatic carbocycles. The lowest BCUT2D eigenvalue weighted by Crippen LogP contribution is -2.05. The number of benzene rings is 2. The minimum absolute atomic E-state index is 0.0153. The maximum atomic E-state index is 12.5. The summed E-state index contributed by atoms with van der Waals surface area (Å²) in [5.41, 5.74) is -0.421. The molecule has 1 aromatic heterocycles. The quantitative estimate of drug-likeness (QED) is 0.567. The summed E-state index contributed by atoms with van der Waals surface area (Å²) in [5, 5.41) is 19.3. The Kier molecular flexibility index (Phi) is 5.90. The van der Waals surface area contributed by atoms with E-state index in [1.165, 1.54) is 13.2 Å². The molecule has 2 aromatic carbocycles. The molecule has 0 amide bonds. The molecule has 0 aliphatic heterocycles.